The molecule has 0 bridgehead atoms. The standard InChI is InChI=1S/C35H37Cl2N3O5S/c1-3-4-21-38-35(42)32(22-26-13-7-5-8-14-26)39(24-27-15-11-12-18-30(27)37)34(41)25-40(31-23-28(36)19-20-33(31)45-2)46(43,44)29-16-9-6-10-17-29/h5-20,23,32H,3-4,21-22,24-25H2,1-2H3,(H,38,42)/t32-/m1/s1. The third-order valence-electron chi connectivity index (χ3n) is 7.42. The smallest absolute Gasteiger partial charge is 0.264 e. The molecule has 46 heavy (non-hydrogen) atoms. The summed E-state index contributed by atoms with van der Waals surface area (Å²) in [6.45, 7) is 1.77. The van der Waals surface area contributed by atoms with Crippen LogP contribution < -0.4 is 14.4 Å². The van der Waals surface area contributed by atoms with E-state index in [1.54, 1.807) is 48.5 Å². The van der Waals surface area contributed by atoms with Crippen molar-refractivity contribution in [1.82, 2.24) is 10.2 Å². The summed E-state index contributed by atoms with van der Waals surface area (Å²) in [7, 11) is -2.91. The van der Waals surface area contributed by atoms with Crippen molar-refractivity contribution in [2.75, 3.05) is 24.5 Å². The third-order valence-corrected chi connectivity index (χ3v) is 9.80. The van der Waals surface area contributed by atoms with E-state index in [2.05, 4.69) is 5.32 Å². The van der Waals surface area contributed by atoms with E-state index in [9.17, 15) is 18.0 Å². The van der Waals surface area contributed by atoms with E-state index >= 15 is 0 Å². The second-order valence-corrected chi connectivity index (χ2v) is 13.3. The molecular formula is C35H37Cl2N3O5S. The normalized spacial score (nSPS) is 11.8. The first-order valence-corrected chi connectivity index (χ1v) is 17.1. The van der Waals surface area contributed by atoms with Gasteiger partial charge in [-0.3, -0.25) is 13.9 Å². The molecule has 0 aliphatic heterocycles. The molecule has 0 aliphatic rings. The lowest BCUT2D eigenvalue weighted by molar-refractivity contribution is -0.140. The van der Waals surface area contributed by atoms with Crippen LogP contribution in [0.3, 0.4) is 0 Å². The first-order chi connectivity index (χ1) is 22.1. The summed E-state index contributed by atoms with van der Waals surface area (Å²) in [5, 5.41) is 3.64. The van der Waals surface area contributed by atoms with Crippen molar-refractivity contribution in [3.63, 3.8) is 0 Å². The number of rotatable bonds is 15. The molecule has 4 rings (SSSR count). The second-order valence-electron chi connectivity index (χ2n) is 10.6. The van der Waals surface area contributed by atoms with E-state index in [1.165, 1.54) is 36.3 Å². The highest BCUT2D eigenvalue weighted by atomic mass is 35.5. The fourth-order valence-electron chi connectivity index (χ4n) is 4.96. The average molecular weight is 683 g/mol. The van der Waals surface area contributed by atoms with Crippen LogP contribution in [0.15, 0.2) is 108 Å². The van der Waals surface area contributed by atoms with Gasteiger partial charge in [0, 0.05) is 29.6 Å². The molecule has 0 aliphatic carbocycles. The highest BCUT2D eigenvalue weighted by Crippen LogP contribution is 2.35. The molecule has 0 spiro atoms. The van der Waals surface area contributed by atoms with E-state index in [0.29, 0.717) is 17.1 Å². The molecule has 0 unspecified atom stereocenters. The summed E-state index contributed by atoms with van der Waals surface area (Å²) in [5.74, 6) is -0.768. The maximum Gasteiger partial charge on any atom is 0.264 e. The average Bonchev–Trinajstić information content (AvgIpc) is 3.06. The van der Waals surface area contributed by atoms with Gasteiger partial charge in [0.25, 0.3) is 10.0 Å². The van der Waals surface area contributed by atoms with Crippen molar-refractivity contribution in [2.24, 2.45) is 0 Å². The van der Waals surface area contributed by atoms with Gasteiger partial charge in [0.15, 0.2) is 0 Å². The molecule has 0 heterocycles. The Morgan fingerprint density at radius 3 is 2.20 bits per heavy atom. The molecule has 0 radical (unpaired) electrons. The van der Waals surface area contributed by atoms with E-state index in [0.717, 1.165) is 22.7 Å². The van der Waals surface area contributed by atoms with Crippen LogP contribution in [0.5, 0.6) is 5.75 Å². The van der Waals surface area contributed by atoms with E-state index in [-0.39, 0.29) is 40.2 Å². The molecular weight excluding hydrogens is 645 g/mol. The van der Waals surface area contributed by atoms with E-state index in [1.807, 2.05) is 37.3 Å². The number of nitrogens with one attached hydrogen (secondary N) is 1. The fraction of sp³-hybridized carbons (Fsp3) is 0.257. The van der Waals surface area contributed by atoms with Crippen LogP contribution in [0.1, 0.15) is 30.9 Å². The van der Waals surface area contributed by atoms with Crippen LogP contribution in [-0.2, 0) is 32.6 Å². The van der Waals surface area contributed by atoms with Crippen LogP contribution in [-0.4, -0.2) is 51.4 Å². The van der Waals surface area contributed by atoms with Crippen molar-refractivity contribution in [2.45, 2.75) is 43.7 Å². The zero-order chi connectivity index (χ0) is 33.1. The highest BCUT2D eigenvalue weighted by Gasteiger charge is 2.35. The zero-order valence-corrected chi connectivity index (χ0v) is 28.1. The summed E-state index contributed by atoms with van der Waals surface area (Å²) in [5.41, 5.74) is 1.52. The van der Waals surface area contributed by atoms with Crippen molar-refractivity contribution < 1.29 is 22.7 Å². The predicted molar refractivity (Wildman–Crippen MR) is 183 cm³/mol. The Labute approximate surface area is 280 Å². The number of methoxy groups -OCH3 is 1. The Bertz CT molecular complexity index is 1720. The summed E-state index contributed by atoms with van der Waals surface area (Å²) in [6, 6.07) is 27.8. The number of unbranched alkanes of at least 4 members (excludes halogenated alkanes) is 1. The second kappa shape index (κ2) is 16.5. The molecule has 0 fully saturated rings. The number of amides is 2. The quantitative estimate of drug-likeness (QED) is 0.140. The number of anilines is 1. The van der Waals surface area contributed by atoms with Crippen molar-refractivity contribution in [1.29, 1.82) is 0 Å². The molecule has 11 heteroatoms. The molecule has 0 saturated heterocycles. The maximum atomic E-state index is 14.6. The van der Waals surface area contributed by atoms with E-state index in [4.69, 9.17) is 27.9 Å². The highest BCUT2D eigenvalue weighted by molar-refractivity contribution is 7.92. The Balaban J connectivity index is 1.84. The lowest BCUT2D eigenvalue weighted by Crippen LogP contribution is -2.53. The van der Waals surface area contributed by atoms with Crippen LogP contribution in [0.25, 0.3) is 0 Å². The van der Waals surface area contributed by atoms with Gasteiger partial charge in [-0.05, 0) is 53.9 Å². The first kappa shape index (κ1) is 34.8. The van der Waals surface area contributed by atoms with Crippen molar-refractivity contribution >= 4 is 50.7 Å². The Morgan fingerprint density at radius 1 is 0.891 bits per heavy atom. The van der Waals surface area contributed by atoms with E-state index < -0.39 is 28.5 Å². The van der Waals surface area contributed by atoms with Gasteiger partial charge >= 0.3 is 0 Å². The maximum absolute atomic E-state index is 14.6. The minimum atomic E-state index is -4.31. The third kappa shape index (κ3) is 8.81. The number of hydrogen-bond donors (Lipinski definition) is 1. The first-order valence-electron chi connectivity index (χ1n) is 14.9. The Kier molecular flexibility index (Phi) is 12.5. The molecule has 4 aromatic rings. The lowest BCUT2D eigenvalue weighted by Gasteiger charge is -2.34. The minimum Gasteiger partial charge on any atom is -0.495 e. The van der Waals surface area contributed by atoms with Gasteiger partial charge in [0.1, 0.15) is 18.3 Å². The van der Waals surface area contributed by atoms with Crippen molar-refractivity contribution in [3.05, 3.63) is 124 Å². The number of carbonyl (C=O) groups excluding carboxylic acids is 2. The minimum absolute atomic E-state index is 0.0272. The number of carbonyl (C=O) groups is 2. The summed E-state index contributed by atoms with van der Waals surface area (Å²) < 4.78 is 34.9. The van der Waals surface area contributed by atoms with Crippen LogP contribution in [0.4, 0.5) is 5.69 Å². The predicted octanol–water partition coefficient (Wildman–Crippen LogP) is 6.75. The van der Waals surface area contributed by atoms with Gasteiger partial charge in [0.05, 0.1) is 17.7 Å². The van der Waals surface area contributed by atoms with Crippen LogP contribution >= 0.6 is 23.2 Å². The SMILES string of the molecule is CCCCNC(=O)[C@@H](Cc1ccccc1)N(Cc1ccccc1Cl)C(=O)CN(c1cc(Cl)ccc1OC)S(=O)(=O)c1ccccc1. The van der Waals surface area contributed by atoms with Gasteiger partial charge in [-0.1, -0.05) is 103 Å². The lowest BCUT2D eigenvalue weighted by atomic mass is 10.0. The van der Waals surface area contributed by atoms with Crippen LogP contribution in [0.2, 0.25) is 10.0 Å². The summed E-state index contributed by atoms with van der Waals surface area (Å²) in [4.78, 5) is 29.8. The molecule has 1 atom stereocenters. The molecule has 2 amide bonds. The number of hydrogen-bond acceptors (Lipinski definition) is 5. The summed E-state index contributed by atoms with van der Waals surface area (Å²) >= 11 is 12.9. The monoisotopic (exact) mass is 681 g/mol. The van der Waals surface area contributed by atoms with Crippen molar-refractivity contribution in [3.8, 4) is 5.75 Å². The molecule has 1 N–H and O–H groups in total. The van der Waals surface area contributed by atoms with Crippen LogP contribution in [0, 0.1) is 0 Å². The molecule has 0 saturated carbocycles. The topological polar surface area (TPSA) is 96.0 Å². The zero-order valence-electron chi connectivity index (χ0n) is 25.7. The number of halogens is 2. The number of sulfonamides is 1. The molecule has 0 aromatic heterocycles. The number of ether oxygens (including phenoxy) is 1. The number of nitrogens with zero attached hydrogens (tertiary/aromatic N) is 2. The molecule has 242 valence electrons. The van der Waals surface area contributed by atoms with Gasteiger partial charge in [-0.15, -0.1) is 0 Å². The Morgan fingerprint density at radius 2 is 1.54 bits per heavy atom. The summed E-state index contributed by atoms with van der Waals surface area (Å²) in [6.07, 6.45) is 1.83. The van der Waals surface area contributed by atoms with Gasteiger partial charge in [-0.25, -0.2) is 8.42 Å². The molecule has 4 aromatic carbocycles. The van der Waals surface area contributed by atoms with Gasteiger partial charge in [-0.2, -0.15) is 0 Å². The number of benzene rings is 4. The van der Waals surface area contributed by atoms with Gasteiger partial charge in [0.2, 0.25) is 11.8 Å². The Hall–Kier alpha value is -4.05. The molecule has 8 nitrogen and oxygen atoms in total. The fourth-order valence-corrected chi connectivity index (χ4v) is 6.76. The van der Waals surface area contributed by atoms with Gasteiger partial charge < -0.3 is 15.0 Å². The largest absolute Gasteiger partial charge is 0.495 e.